The van der Waals surface area contributed by atoms with Gasteiger partial charge in [-0.25, -0.2) is 0 Å². The number of aliphatic hydroxyl groups is 1. The van der Waals surface area contributed by atoms with Crippen LogP contribution in [-0.2, 0) is 0 Å². The van der Waals surface area contributed by atoms with Crippen molar-refractivity contribution in [2.45, 2.75) is 0 Å². The van der Waals surface area contributed by atoms with Crippen molar-refractivity contribution in [2.24, 2.45) is 0 Å². The average Bonchev–Trinajstić information content (AvgIpc) is 2.27. The molecular formula is C4H8N6O6. The fourth-order valence-corrected chi connectivity index (χ4v) is 0.701. The minimum Gasteiger partial charge on any atom is -0.374 e. The Balaban J connectivity index is 3.18. The van der Waals surface area contributed by atoms with Gasteiger partial charge in [0.1, 0.15) is 6.73 Å². The van der Waals surface area contributed by atoms with Gasteiger partial charge in [-0.15, -0.1) is 0 Å². The van der Waals surface area contributed by atoms with Crippen LogP contribution >= 0.6 is 0 Å². The molecule has 0 fully saturated rings. The molecule has 16 heavy (non-hydrogen) atoms. The number of hydrogen-bond donors (Lipinski definition) is 6. The maximum absolute atomic E-state index is 9.01. The molecule has 0 amide bonds. The first-order valence-corrected chi connectivity index (χ1v) is 3.64. The van der Waals surface area contributed by atoms with Gasteiger partial charge in [-0.1, -0.05) is 10.5 Å². The molecule has 0 saturated carbocycles. The van der Waals surface area contributed by atoms with E-state index in [0.717, 1.165) is 0 Å². The van der Waals surface area contributed by atoms with Crippen LogP contribution in [-0.4, -0.2) is 52.8 Å². The van der Waals surface area contributed by atoms with Crippen LogP contribution in [0.25, 0.3) is 0 Å². The predicted octanol–water partition coefficient (Wildman–Crippen LogP) is -1.81. The SMILES string of the molecule is OCN(O)c1nc(N(O)O)nc(N(O)O)n1. The standard InChI is InChI=1S/C4H8N6O6/c11-1-8(12)2-5-3(9(13)14)7-4(6-2)10(15)16/h11-16H,1H2. The van der Waals surface area contributed by atoms with Crippen LogP contribution in [0.4, 0.5) is 17.8 Å². The quantitative estimate of drug-likeness (QED) is 0.256. The normalized spacial score (nSPS) is 10.1. The van der Waals surface area contributed by atoms with Crippen LogP contribution in [0.3, 0.4) is 0 Å². The zero-order chi connectivity index (χ0) is 12.3. The second-order valence-corrected chi connectivity index (χ2v) is 2.36. The minimum atomic E-state index is -0.906. The summed E-state index contributed by atoms with van der Waals surface area (Å²) >= 11 is 0. The molecule has 0 radical (unpaired) electrons. The molecule has 1 aromatic heterocycles. The molecule has 0 saturated heterocycles. The largest absolute Gasteiger partial charge is 0.374 e. The second kappa shape index (κ2) is 4.79. The van der Waals surface area contributed by atoms with E-state index in [9.17, 15) is 0 Å². The summed E-state index contributed by atoms with van der Waals surface area (Å²) in [5.74, 6) is -2.25. The lowest BCUT2D eigenvalue weighted by molar-refractivity contribution is 0.0175. The number of nitrogens with zero attached hydrogens (tertiary/aromatic N) is 6. The van der Waals surface area contributed by atoms with Crippen LogP contribution in [0.5, 0.6) is 0 Å². The number of aliphatic hydroxyl groups excluding tert-OH is 1. The highest BCUT2D eigenvalue weighted by atomic mass is 16.8. The molecule has 0 atom stereocenters. The minimum absolute atomic E-state index is 0.0989. The zero-order valence-electron chi connectivity index (χ0n) is 7.57. The van der Waals surface area contributed by atoms with Gasteiger partial charge in [0.2, 0.25) is 0 Å². The third-order valence-electron chi connectivity index (χ3n) is 1.32. The van der Waals surface area contributed by atoms with E-state index in [1.807, 2.05) is 0 Å². The molecule has 1 rings (SSSR count). The van der Waals surface area contributed by atoms with Crippen molar-refractivity contribution in [3.05, 3.63) is 0 Å². The molecule has 0 bridgehead atoms. The molecule has 1 heterocycles. The van der Waals surface area contributed by atoms with Crippen LogP contribution in [0.15, 0.2) is 0 Å². The van der Waals surface area contributed by atoms with Gasteiger partial charge < -0.3 is 5.11 Å². The number of hydroxylamine groups is 1. The molecule has 0 aromatic carbocycles. The lowest BCUT2D eigenvalue weighted by atomic mass is 10.8. The molecule has 0 aliphatic rings. The summed E-state index contributed by atoms with van der Waals surface area (Å²) in [6, 6.07) is 0. The number of rotatable bonds is 4. The van der Waals surface area contributed by atoms with Crippen molar-refractivity contribution in [2.75, 3.05) is 22.2 Å². The Morgan fingerprint density at radius 3 is 1.44 bits per heavy atom. The van der Waals surface area contributed by atoms with E-state index in [-0.39, 0.29) is 5.06 Å². The first kappa shape index (κ1) is 12.2. The summed E-state index contributed by atoms with van der Waals surface area (Å²) in [6.45, 7) is -0.906. The van der Waals surface area contributed by atoms with Crippen LogP contribution < -0.4 is 15.5 Å². The Hall–Kier alpha value is -1.83. The molecule has 0 spiro atoms. The van der Waals surface area contributed by atoms with Crippen molar-refractivity contribution in [3.63, 3.8) is 0 Å². The van der Waals surface area contributed by atoms with E-state index in [0.29, 0.717) is 0 Å². The molecule has 90 valence electrons. The van der Waals surface area contributed by atoms with E-state index in [1.54, 1.807) is 0 Å². The molecular weight excluding hydrogens is 228 g/mol. The van der Waals surface area contributed by atoms with Crippen molar-refractivity contribution in [3.8, 4) is 0 Å². The molecule has 1 aromatic rings. The van der Waals surface area contributed by atoms with Crippen molar-refractivity contribution in [1.82, 2.24) is 15.0 Å². The number of aromatic nitrogens is 3. The van der Waals surface area contributed by atoms with Gasteiger partial charge in [-0.3, -0.25) is 26.0 Å². The van der Waals surface area contributed by atoms with Crippen LogP contribution in [0.1, 0.15) is 0 Å². The summed E-state index contributed by atoms with van der Waals surface area (Å²) in [5.41, 5.74) is 0. The van der Waals surface area contributed by atoms with Crippen molar-refractivity contribution in [1.29, 1.82) is 0 Å². The zero-order valence-corrected chi connectivity index (χ0v) is 7.57. The van der Waals surface area contributed by atoms with Gasteiger partial charge >= 0.3 is 0 Å². The summed E-state index contributed by atoms with van der Waals surface area (Å²) in [5, 5.41) is 51.0. The smallest absolute Gasteiger partial charge is 0.284 e. The van der Waals surface area contributed by atoms with E-state index in [1.165, 1.54) is 0 Å². The molecule has 12 nitrogen and oxygen atoms in total. The van der Waals surface area contributed by atoms with Gasteiger partial charge in [-0.2, -0.15) is 20.0 Å². The van der Waals surface area contributed by atoms with E-state index < -0.39 is 35.0 Å². The van der Waals surface area contributed by atoms with Gasteiger partial charge in [0.05, 0.1) is 0 Å². The Labute approximate surface area is 87.3 Å². The monoisotopic (exact) mass is 236 g/mol. The van der Waals surface area contributed by atoms with Crippen LogP contribution in [0.2, 0.25) is 0 Å². The maximum Gasteiger partial charge on any atom is 0.284 e. The second-order valence-electron chi connectivity index (χ2n) is 2.36. The Morgan fingerprint density at radius 1 is 0.750 bits per heavy atom. The van der Waals surface area contributed by atoms with Crippen molar-refractivity contribution < 1.29 is 31.1 Å². The van der Waals surface area contributed by atoms with Gasteiger partial charge in [-0.05, 0) is 0 Å². The fourth-order valence-electron chi connectivity index (χ4n) is 0.701. The van der Waals surface area contributed by atoms with Gasteiger partial charge in [0, 0.05) is 0 Å². The topological polar surface area (TPSA) is 170 Å². The molecule has 0 aliphatic heterocycles. The Bertz CT molecular complexity index is 333. The van der Waals surface area contributed by atoms with Crippen molar-refractivity contribution >= 4 is 17.8 Å². The molecule has 0 aliphatic carbocycles. The molecule has 0 unspecified atom stereocenters. The van der Waals surface area contributed by atoms with E-state index >= 15 is 0 Å². The summed E-state index contributed by atoms with van der Waals surface area (Å²) in [7, 11) is 0. The van der Waals surface area contributed by atoms with Gasteiger partial charge in [0.15, 0.2) is 0 Å². The van der Waals surface area contributed by atoms with E-state index in [2.05, 4.69) is 15.0 Å². The first-order chi connectivity index (χ1) is 7.45. The number of anilines is 3. The van der Waals surface area contributed by atoms with Crippen LogP contribution in [0, 0.1) is 0 Å². The Kier molecular flexibility index (Phi) is 3.67. The number of hydrogen-bond acceptors (Lipinski definition) is 12. The first-order valence-electron chi connectivity index (χ1n) is 3.64. The average molecular weight is 236 g/mol. The summed E-state index contributed by atoms with van der Waals surface area (Å²) < 4.78 is 0. The third-order valence-corrected chi connectivity index (χ3v) is 1.32. The molecule has 6 N–H and O–H groups in total. The fraction of sp³-hybridized carbons (Fsp3) is 0.250. The predicted molar refractivity (Wildman–Crippen MR) is 43.3 cm³/mol. The summed E-state index contributed by atoms with van der Waals surface area (Å²) in [4.78, 5) is 9.67. The highest BCUT2D eigenvalue weighted by Gasteiger charge is 2.16. The maximum atomic E-state index is 9.01. The lowest BCUT2D eigenvalue weighted by Crippen LogP contribution is -2.26. The third kappa shape index (κ3) is 2.60. The molecule has 12 heteroatoms. The summed E-state index contributed by atoms with van der Waals surface area (Å²) in [6.07, 6.45) is 0. The lowest BCUT2D eigenvalue weighted by Gasteiger charge is -2.15. The highest BCUT2D eigenvalue weighted by Crippen LogP contribution is 2.14. The Morgan fingerprint density at radius 2 is 1.12 bits per heavy atom. The van der Waals surface area contributed by atoms with E-state index in [4.69, 9.17) is 31.1 Å². The highest BCUT2D eigenvalue weighted by molar-refractivity contribution is 5.40. The van der Waals surface area contributed by atoms with Gasteiger partial charge in [0.25, 0.3) is 17.8 Å².